The Bertz CT molecular complexity index is 1080. The molecule has 0 spiro atoms. The number of amides is 1. The van der Waals surface area contributed by atoms with E-state index < -0.39 is 0 Å². The molecule has 1 saturated heterocycles. The monoisotopic (exact) mass is 408 g/mol. The second-order valence-electron chi connectivity index (χ2n) is 7.25. The molecule has 2 aromatic carbocycles. The first-order valence-corrected chi connectivity index (χ1v) is 9.96. The highest BCUT2D eigenvalue weighted by atomic mass is 35.5. The number of hydrogen-bond acceptors (Lipinski definition) is 4. The molecule has 1 aromatic heterocycles. The molecule has 3 aromatic rings. The van der Waals surface area contributed by atoms with Crippen LogP contribution in [0.3, 0.4) is 0 Å². The summed E-state index contributed by atoms with van der Waals surface area (Å²) in [5.74, 6) is 0.542. The third-order valence-corrected chi connectivity index (χ3v) is 5.59. The third-order valence-electron chi connectivity index (χ3n) is 5.38. The highest BCUT2D eigenvalue weighted by molar-refractivity contribution is 6.29. The first kappa shape index (κ1) is 19.4. The Balaban J connectivity index is 1.52. The van der Waals surface area contributed by atoms with E-state index >= 15 is 0 Å². The lowest BCUT2D eigenvalue weighted by Crippen LogP contribution is -2.42. The summed E-state index contributed by atoms with van der Waals surface area (Å²) in [5.41, 5.74) is 1.17. The maximum atomic E-state index is 13.1. The van der Waals surface area contributed by atoms with Gasteiger partial charge in [-0.15, -0.1) is 0 Å². The molecule has 1 aliphatic heterocycles. The first-order chi connectivity index (χ1) is 14.0. The summed E-state index contributed by atoms with van der Waals surface area (Å²) < 4.78 is 5.26. The van der Waals surface area contributed by atoms with Crippen molar-refractivity contribution in [3.8, 4) is 5.75 Å². The van der Waals surface area contributed by atoms with E-state index in [0.717, 1.165) is 29.4 Å². The van der Waals surface area contributed by atoms with E-state index in [4.69, 9.17) is 16.3 Å². The van der Waals surface area contributed by atoms with Crippen LogP contribution in [0.1, 0.15) is 33.6 Å². The number of aromatic nitrogens is 1. The number of ether oxygens (including phenoxy) is 1. The summed E-state index contributed by atoms with van der Waals surface area (Å²) in [5, 5.41) is 2.30. The molecule has 4 rings (SSSR count). The van der Waals surface area contributed by atoms with Gasteiger partial charge in [-0.2, -0.15) is 0 Å². The van der Waals surface area contributed by atoms with Gasteiger partial charge in [-0.1, -0.05) is 29.8 Å². The molecule has 0 aliphatic carbocycles. The van der Waals surface area contributed by atoms with Crippen LogP contribution in [0.5, 0.6) is 5.75 Å². The van der Waals surface area contributed by atoms with E-state index in [2.05, 4.69) is 4.98 Å². The van der Waals surface area contributed by atoms with Gasteiger partial charge >= 0.3 is 0 Å². The van der Waals surface area contributed by atoms with Crippen LogP contribution in [-0.2, 0) is 0 Å². The van der Waals surface area contributed by atoms with Gasteiger partial charge in [0.1, 0.15) is 10.9 Å². The van der Waals surface area contributed by atoms with Crippen LogP contribution in [0.4, 0.5) is 0 Å². The van der Waals surface area contributed by atoms with Crippen LogP contribution >= 0.6 is 11.6 Å². The van der Waals surface area contributed by atoms with Crippen molar-refractivity contribution in [2.75, 3.05) is 20.2 Å². The Labute approximate surface area is 174 Å². The zero-order valence-corrected chi connectivity index (χ0v) is 16.9. The molecule has 0 saturated carbocycles. The first-order valence-electron chi connectivity index (χ1n) is 9.58. The quantitative estimate of drug-likeness (QED) is 0.466. The molecule has 5 nitrogen and oxygen atoms in total. The van der Waals surface area contributed by atoms with Crippen molar-refractivity contribution in [3.05, 3.63) is 71.0 Å². The number of rotatable bonds is 4. The van der Waals surface area contributed by atoms with Gasteiger partial charge in [-0.25, -0.2) is 4.98 Å². The Hall–Kier alpha value is -2.92. The highest BCUT2D eigenvalue weighted by Gasteiger charge is 2.29. The normalized spacial score (nSPS) is 16.6. The lowest BCUT2D eigenvalue weighted by atomic mass is 9.89. The summed E-state index contributed by atoms with van der Waals surface area (Å²) in [6.07, 6.45) is 3.10. The molecule has 0 radical (unpaired) electrons. The summed E-state index contributed by atoms with van der Waals surface area (Å²) >= 11 is 5.91. The molecule has 0 unspecified atom stereocenters. The Morgan fingerprint density at radius 2 is 1.86 bits per heavy atom. The smallest absolute Gasteiger partial charge is 0.254 e. The fourth-order valence-electron chi connectivity index (χ4n) is 3.83. The molecule has 148 valence electrons. The van der Waals surface area contributed by atoms with E-state index in [-0.39, 0.29) is 22.8 Å². The molecule has 29 heavy (non-hydrogen) atoms. The number of nitrogens with zero attached hydrogens (tertiary/aromatic N) is 2. The van der Waals surface area contributed by atoms with Crippen LogP contribution in [0.15, 0.2) is 54.7 Å². The number of benzene rings is 2. The van der Waals surface area contributed by atoms with Crippen LogP contribution < -0.4 is 4.74 Å². The Morgan fingerprint density at radius 1 is 1.07 bits per heavy atom. The largest absolute Gasteiger partial charge is 0.497 e. The Kier molecular flexibility index (Phi) is 5.49. The number of hydrogen-bond donors (Lipinski definition) is 0. The maximum absolute atomic E-state index is 13.1. The second kappa shape index (κ2) is 8.21. The number of fused-ring (bicyclic) bond motifs is 1. The van der Waals surface area contributed by atoms with Crippen molar-refractivity contribution in [3.63, 3.8) is 0 Å². The second-order valence-corrected chi connectivity index (χ2v) is 7.64. The summed E-state index contributed by atoms with van der Waals surface area (Å²) in [6.45, 7) is 1.05. The summed E-state index contributed by atoms with van der Waals surface area (Å²) in [7, 11) is 1.63. The minimum absolute atomic E-state index is 0.0768. The molecule has 1 aliphatic rings. The maximum Gasteiger partial charge on any atom is 0.254 e. The van der Waals surface area contributed by atoms with Crippen molar-refractivity contribution in [2.24, 2.45) is 5.92 Å². The van der Waals surface area contributed by atoms with Gasteiger partial charge in [-0.05, 0) is 53.9 Å². The van der Waals surface area contributed by atoms with E-state index in [1.807, 2.05) is 36.4 Å². The Morgan fingerprint density at radius 3 is 2.66 bits per heavy atom. The SMILES string of the molecule is COc1ccc2cc(C(=O)[C@@H]3CCCN(C(=O)c4ccnc(Cl)c4)C3)ccc2c1. The number of pyridine rings is 1. The van der Waals surface area contributed by atoms with E-state index in [1.54, 1.807) is 24.1 Å². The van der Waals surface area contributed by atoms with Crippen molar-refractivity contribution in [1.82, 2.24) is 9.88 Å². The zero-order chi connectivity index (χ0) is 20.4. The van der Waals surface area contributed by atoms with Gasteiger partial charge in [0.2, 0.25) is 0 Å². The third kappa shape index (κ3) is 4.10. The van der Waals surface area contributed by atoms with Gasteiger partial charge in [-0.3, -0.25) is 9.59 Å². The van der Waals surface area contributed by atoms with Gasteiger partial charge < -0.3 is 9.64 Å². The van der Waals surface area contributed by atoms with E-state index in [0.29, 0.717) is 24.2 Å². The number of piperidine rings is 1. The molecule has 2 heterocycles. The van der Waals surface area contributed by atoms with Crippen molar-refractivity contribution < 1.29 is 14.3 Å². The van der Waals surface area contributed by atoms with E-state index in [9.17, 15) is 9.59 Å². The van der Waals surface area contributed by atoms with Gasteiger partial charge in [0.05, 0.1) is 7.11 Å². The number of methoxy groups -OCH3 is 1. The fraction of sp³-hybridized carbons (Fsp3) is 0.261. The average molecular weight is 409 g/mol. The van der Waals surface area contributed by atoms with Crippen molar-refractivity contribution >= 4 is 34.1 Å². The molecular weight excluding hydrogens is 388 g/mol. The predicted octanol–water partition coefficient (Wildman–Crippen LogP) is 4.63. The van der Waals surface area contributed by atoms with Crippen molar-refractivity contribution in [2.45, 2.75) is 12.8 Å². The average Bonchev–Trinajstić information content (AvgIpc) is 2.77. The standard InChI is InChI=1S/C23H21ClN2O3/c1-29-20-7-6-15-11-17(5-4-16(15)12-20)22(27)19-3-2-10-26(14-19)23(28)18-8-9-25-21(24)13-18/h4-9,11-13,19H,2-3,10,14H2,1H3/t19-/m1/s1. The fourth-order valence-corrected chi connectivity index (χ4v) is 4.01. The van der Waals surface area contributed by atoms with Gasteiger partial charge in [0.25, 0.3) is 5.91 Å². The summed E-state index contributed by atoms with van der Waals surface area (Å²) in [6, 6.07) is 14.7. The number of Topliss-reactive ketones (excluding diaryl/α,β-unsaturated/α-hetero) is 1. The van der Waals surface area contributed by atoms with Gasteiger partial charge in [0.15, 0.2) is 5.78 Å². The summed E-state index contributed by atoms with van der Waals surface area (Å²) in [4.78, 5) is 31.6. The minimum atomic E-state index is -0.208. The lowest BCUT2D eigenvalue weighted by molar-refractivity contribution is 0.0637. The molecule has 1 atom stereocenters. The number of likely N-dealkylation sites (tertiary alicyclic amines) is 1. The lowest BCUT2D eigenvalue weighted by Gasteiger charge is -2.32. The number of carbonyl (C=O) groups excluding carboxylic acids is 2. The molecule has 0 N–H and O–H groups in total. The highest BCUT2D eigenvalue weighted by Crippen LogP contribution is 2.26. The molecule has 1 fully saturated rings. The molecular formula is C23H21ClN2O3. The number of carbonyl (C=O) groups is 2. The molecule has 0 bridgehead atoms. The molecule has 1 amide bonds. The molecule has 6 heteroatoms. The van der Waals surface area contributed by atoms with E-state index in [1.165, 1.54) is 6.20 Å². The van der Waals surface area contributed by atoms with Gasteiger partial charge in [0, 0.05) is 36.3 Å². The predicted molar refractivity (Wildman–Crippen MR) is 113 cm³/mol. The number of ketones is 1. The van der Waals surface area contributed by atoms with Crippen LogP contribution in [0.2, 0.25) is 5.15 Å². The zero-order valence-electron chi connectivity index (χ0n) is 16.1. The number of halogens is 1. The van der Waals surface area contributed by atoms with Crippen molar-refractivity contribution in [1.29, 1.82) is 0 Å². The van der Waals surface area contributed by atoms with Crippen LogP contribution in [-0.4, -0.2) is 41.8 Å². The van der Waals surface area contributed by atoms with Crippen LogP contribution in [0.25, 0.3) is 10.8 Å². The van der Waals surface area contributed by atoms with Crippen LogP contribution in [0, 0.1) is 5.92 Å². The topological polar surface area (TPSA) is 59.5 Å². The minimum Gasteiger partial charge on any atom is -0.497 e.